The molecule has 0 atom stereocenters. The Morgan fingerprint density at radius 3 is 2.46 bits per heavy atom. The Balaban J connectivity index is 1.57. The first-order chi connectivity index (χ1) is 12.5. The van der Waals surface area contributed by atoms with E-state index >= 15 is 0 Å². The van der Waals surface area contributed by atoms with Crippen LogP contribution in [0.1, 0.15) is 17.0 Å². The molecule has 0 saturated heterocycles. The molecule has 0 spiro atoms. The minimum atomic E-state index is -0.163. The number of ether oxygens (including phenoxy) is 1. The summed E-state index contributed by atoms with van der Waals surface area (Å²) in [4.78, 5) is 13.8. The molecule has 134 valence electrons. The van der Waals surface area contributed by atoms with Crippen LogP contribution < -0.4 is 4.74 Å². The molecule has 0 radical (unpaired) electrons. The fourth-order valence-electron chi connectivity index (χ4n) is 2.58. The number of hydrogen-bond acceptors (Lipinski definition) is 5. The van der Waals surface area contributed by atoms with Gasteiger partial charge in [0.15, 0.2) is 6.61 Å². The third kappa shape index (κ3) is 4.47. The van der Waals surface area contributed by atoms with Crippen molar-refractivity contribution in [3.63, 3.8) is 0 Å². The number of likely N-dealkylation sites (N-methyl/N-ethyl adjacent to an activating group) is 1. The maximum Gasteiger partial charge on any atom is 0.260 e. The highest BCUT2D eigenvalue weighted by Crippen LogP contribution is 2.18. The predicted molar refractivity (Wildman–Crippen MR) is 97.6 cm³/mol. The summed E-state index contributed by atoms with van der Waals surface area (Å²) in [5, 5.41) is 8.03. The Hall–Kier alpha value is -3.15. The van der Waals surface area contributed by atoms with Crippen molar-refractivity contribution in [3.05, 3.63) is 65.5 Å². The van der Waals surface area contributed by atoms with E-state index in [1.54, 1.807) is 7.05 Å². The standard InChI is InChI=1S/C20H21N3O3/c1-14-9-15(2)11-17(10-14)25-13-19(24)23(3)12-18-21-22-20(26-18)16-7-5-4-6-8-16/h4-11H,12-13H2,1-3H3. The molecule has 26 heavy (non-hydrogen) atoms. The predicted octanol–water partition coefficient (Wildman–Crippen LogP) is 3.39. The summed E-state index contributed by atoms with van der Waals surface area (Å²) in [6.07, 6.45) is 0. The van der Waals surface area contributed by atoms with Crippen molar-refractivity contribution in [3.8, 4) is 17.2 Å². The number of carbonyl (C=O) groups excluding carboxylic acids is 1. The van der Waals surface area contributed by atoms with Gasteiger partial charge in [-0.2, -0.15) is 0 Å². The first-order valence-corrected chi connectivity index (χ1v) is 8.34. The molecule has 6 heteroatoms. The van der Waals surface area contributed by atoms with E-state index < -0.39 is 0 Å². The fraction of sp³-hybridized carbons (Fsp3) is 0.250. The van der Waals surface area contributed by atoms with Gasteiger partial charge in [0, 0.05) is 12.6 Å². The van der Waals surface area contributed by atoms with E-state index in [1.165, 1.54) is 4.90 Å². The lowest BCUT2D eigenvalue weighted by Crippen LogP contribution is -2.31. The topological polar surface area (TPSA) is 68.5 Å². The van der Waals surface area contributed by atoms with Gasteiger partial charge in [0.25, 0.3) is 5.91 Å². The second-order valence-electron chi connectivity index (χ2n) is 6.23. The molecule has 3 rings (SSSR count). The van der Waals surface area contributed by atoms with Crippen LogP contribution in [0.4, 0.5) is 0 Å². The number of aromatic nitrogens is 2. The van der Waals surface area contributed by atoms with Crippen molar-refractivity contribution >= 4 is 5.91 Å². The van der Waals surface area contributed by atoms with Crippen molar-refractivity contribution < 1.29 is 13.9 Å². The van der Waals surface area contributed by atoms with Gasteiger partial charge in [0.2, 0.25) is 11.8 Å². The van der Waals surface area contributed by atoms with Gasteiger partial charge < -0.3 is 14.1 Å². The van der Waals surface area contributed by atoms with Crippen LogP contribution in [0, 0.1) is 13.8 Å². The lowest BCUT2D eigenvalue weighted by atomic mass is 10.1. The normalized spacial score (nSPS) is 10.6. The molecule has 0 aliphatic rings. The highest BCUT2D eigenvalue weighted by Gasteiger charge is 2.15. The number of amides is 1. The first-order valence-electron chi connectivity index (χ1n) is 8.34. The van der Waals surface area contributed by atoms with E-state index in [-0.39, 0.29) is 19.1 Å². The number of carbonyl (C=O) groups is 1. The highest BCUT2D eigenvalue weighted by atomic mass is 16.5. The van der Waals surface area contributed by atoms with Gasteiger partial charge in [0.05, 0.1) is 6.54 Å². The van der Waals surface area contributed by atoms with E-state index in [2.05, 4.69) is 16.3 Å². The summed E-state index contributed by atoms with van der Waals surface area (Å²) in [6.45, 7) is 4.18. The lowest BCUT2D eigenvalue weighted by Gasteiger charge is -2.15. The zero-order valence-corrected chi connectivity index (χ0v) is 15.1. The van der Waals surface area contributed by atoms with E-state index in [4.69, 9.17) is 9.15 Å². The molecular formula is C20H21N3O3. The second kappa shape index (κ2) is 7.82. The average Bonchev–Trinajstić information content (AvgIpc) is 3.08. The number of aryl methyl sites for hydroxylation is 2. The molecule has 0 saturated carbocycles. The van der Waals surface area contributed by atoms with Crippen LogP contribution in [0.15, 0.2) is 52.9 Å². The monoisotopic (exact) mass is 351 g/mol. The highest BCUT2D eigenvalue weighted by molar-refractivity contribution is 5.77. The molecule has 1 aromatic heterocycles. The summed E-state index contributed by atoms with van der Waals surface area (Å²) in [6, 6.07) is 15.4. The Labute approximate surface area is 152 Å². The molecule has 3 aromatic rings. The van der Waals surface area contributed by atoms with Gasteiger partial charge >= 0.3 is 0 Å². The second-order valence-corrected chi connectivity index (χ2v) is 6.23. The third-order valence-electron chi connectivity index (χ3n) is 3.84. The van der Waals surface area contributed by atoms with Crippen LogP contribution in [0.25, 0.3) is 11.5 Å². The molecule has 1 heterocycles. The smallest absolute Gasteiger partial charge is 0.260 e. The van der Waals surface area contributed by atoms with E-state index in [0.29, 0.717) is 17.5 Å². The zero-order chi connectivity index (χ0) is 18.5. The van der Waals surface area contributed by atoms with Crippen LogP contribution in [0.5, 0.6) is 5.75 Å². The minimum Gasteiger partial charge on any atom is -0.484 e. The Bertz CT molecular complexity index is 870. The van der Waals surface area contributed by atoms with Gasteiger partial charge in [-0.3, -0.25) is 4.79 Å². The molecule has 6 nitrogen and oxygen atoms in total. The quantitative estimate of drug-likeness (QED) is 0.681. The van der Waals surface area contributed by atoms with Gasteiger partial charge in [-0.15, -0.1) is 10.2 Å². The van der Waals surface area contributed by atoms with Gasteiger partial charge in [0.1, 0.15) is 5.75 Å². The Morgan fingerprint density at radius 2 is 1.77 bits per heavy atom. The van der Waals surface area contributed by atoms with Crippen LogP contribution in [0.3, 0.4) is 0 Å². The summed E-state index contributed by atoms with van der Waals surface area (Å²) < 4.78 is 11.2. The van der Waals surface area contributed by atoms with Gasteiger partial charge in [-0.1, -0.05) is 24.3 Å². The summed E-state index contributed by atoms with van der Waals surface area (Å²) in [5.74, 6) is 1.34. The largest absolute Gasteiger partial charge is 0.484 e. The molecule has 1 amide bonds. The number of rotatable bonds is 6. The minimum absolute atomic E-state index is 0.0426. The van der Waals surface area contributed by atoms with Crippen LogP contribution in [-0.4, -0.2) is 34.7 Å². The fourth-order valence-corrected chi connectivity index (χ4v) is 2.58. The zero-order valence-electron chi connectivity index (χ0n) is 15.1. The summed E-state index contributed by atoms with van der Waals surface area (Å²) in [5.41, 5.74) is 3.04. The van der Waals surface area contributed by atoms with Crippen LogP contribution >= 0.6 is 0 Å². The van der Waals surface area contributed by atoms with Crippen molar-refractivity contribution in [1.82, 2.24) is 15.1 Å². The van der Waals surface area contributed by atoms with E-state index in [0.717, 1.165) is 16.7 Å². The maximum atomic E-state index is 12.3. The molecule has 0 fully saturated rings. The van der Waals surface area contributed by atoms with Crippen molar-refractivity contribution in [2.45, 2.75) is 20.4 Å². The molecule has 0 unspecified atom stereocenters. The number of nitrogens with zero attached hydrogens (tertiary/aromatic N) is 3. The SMILES string of the molecule is Cc1cc(C)cc(OCC(=O)N(C)Cc2nnc(-c3ccccc3)o2)c1. The van der Waals surface area contributed by atoms with Crippen molar-refractivity contribution in [1.29, 1.82) is 0 Å². The maximum absolute atomic E-state index is 12.3. The van der Waals surface area contributed by atoms with Gasteiger partial charge in [-0.25, -0.2) is 0 Å². The first kappa shape index (κ1) is 17.7. The van der Waals surface area contributed by atoms with E-state index in [9.17, 15) is 4.79 Å². The number of hydrogen-bond donors (Lipinski definition) is 0. The van der Waals surface area contributed by atoms with Gasteiger partial charge in [-0.05, 0) is 49.2 Å². The average molecular weight is 351 g/mol. The molecule has 2 aromatic carbocycles. The molecule has 0 N–H and O–H groups in total. The Kier molecular flexibility index (Phi) is 5.31. The van der Waals surface area contributed by atoms with Crippen LogP contribution in [0.2, 0.25) is 0 Å². The molecule has 0 aliphatic heterocycles. The summed E-state index contributed by atoms with van der Waals surface area (Å²) in [7, 11) is 1.68. The lowest BCUT2D eigenvalue weighted by molar-refractivity contribution is -0.132. The Morgan fingerprint density at radius 1 is 1.08 bits per heavy atom. The third-order valence-corrected chi connectivity index (χ3v) is 3.84. The molecular weight excluding hydrogens is 330 g/mol. The summed E-state index contributed by atoms with van der Waals surface area (Å²) >= 11 is 0. The van der Waals surface area contributed by atoms with Crippen molar-refractivity contribution in [2.75, 3.05) is 13.7 Å². The van der Waals surface area contributed by atoms with Crippen LogP contribution in [-0.2, 0) is 11.3 Å². The number of benzene rings is 2. The molecule has 0 bridgehead atoms. The molecule has 0 aliphatic carbocycles. The van der Waals surface area contributed by atoms with E-state index in [1.807, 2.05) is 56.3 Å². The van der Waals surface area contributed by atoms with Crippen molar-refractivity contribution in [2.24, 2.45) is 0 Å².